The van der Waals surface area contributed by atoms with Crippen LogP contribution in [0.5, 0.6) is 0 Å². The summed E-state index contributed by atoms with van der Waals surface area (Å²) in [6.07, 6.45) is 3.06. The van der Waals surface area contributed by atoms with Crippen molar-refractivity contribution in [3.8, 4) is 0 Å². The molecule has 0 aliphatic heterocycles. The summed E-state index contributed by atoms with van der Waals surface area (Å²) in [4.78, 5) is 3.69. The molecular formula is C4H7N2O+. The molecule has 0 radical (unpaired) electrons. The number of aromatic nitrogens is 1. The monoisotopic (exact) mass is 99.1 g/mol. The van der Waals surface area contributed by atoms with Gasteiger partial charge in [-0.2, -0.15) is 0 Å². The summed E-state index contributed by atoms with van der Waals surface area (Å²) in [6.45, 7) is 0.681. The smallest absolute Gasteiger partial charge is 0.181 e. The lowest BCUT2D eigenvalue weighted by Crippen LogP contribution is -2.47. The van der Waals surface area contributed by atoms with E-state index in [-0.39, 0.29) is 0 Å². The van der Waals surface area contributed by atoms with Crippen LogP contribution in [0.4, 0.5) is 0 Å². The highest BCUT2D eigenvalue weighted by molar-refractivity contribution is 4.83. The molecule has 0 unspecified atom stereocenters. The predicted molar refractivity (Wildman–Crippen MR) is 23.1 cm³/mol. The van der Waals surface area contributed by atoms with Gasteiger partial charge in [-0.05, 0) is 0 Å². The maximum absolute atomic E-state index is 4.81. The first-order chi connectivity index (χ1) is 3.43. The van der Waals surface area contributed by atoms with Crippen molar-refractivity contribution in [1.82, 2.24) is 4.98 Å². The van der Waals surface area contributed by atoms with Gasteiger partial charge in [-0.25, -0.2) is 4.98 Å². The topological polar surface area (TPSA) is 53.7 Å². The Morgan fingerprint density at radius 3 is 3.00 bits per heavy atom. The number of hydrogen-bond acceptors (Lipinski definition) is 2. The third kappa shape index (κ3) is 0.778. The first-order valence-electron chi connectivity index (χ1n) is 2.10. The van der Waals surface area contributed by atoms with Crippen LogP contribution >= 0.6 is 0 Å². The zero-order valence-corrected chi connectivity index (χ0v) is 3.92. The summed E-state index contributed by atoms with van der Waals surface area (Å²) in [7, 11) is 0. The third-order valence-electron chi connectivity index (χ3n) is 0.730. The average Bonchev–Trinajstić information content (AvgIpc) is 2.14. The van der Waals surface area contributed by atoms with Crippen LogP contribution in [0.2, 0.25) is 0 Å². The van der Waals surface area contributed by atoms with Gasteiger partial charge >= 0.3 is 0 Å². The molecule has 1 aromatic heterocycles. The van der Waals surface area contributed by atoms with Crippen LogP contribution < -0.4 is 5.73 Å². The number of rotatable bonds is 1. The fourth-order valence-electron chi connectivity index (χ4n) is 0.366. The zero-order chi connectivity index (χ0) is 5.11. The minimum atomic E-state index is 0.681. The predicted octanol–water partition coefficient (Wildman–Crippen LogP) is -0.583. The van der Waals surface area contributed by atoms with Crippen molar-refractivity contribution in [3.05, 3.63) is 18.4 Å². The van der Waals surface area contributed by atoms with Crippen LogP contribution in [0.1, 0.15) is 5.76 Å². The Kier molecular flexibility index (Phi) is 1.08. The normalized spacial score (nSPS) is 9.29. The van der Waals surface area contributed by atoms with Crippen molar-refractivity contribution in [1.29, 1.82) is 0 Å². The van der Waals surface area contributed by atoms with E-state index in [1.165, 1.54) is 6.39 Å². The second kappa shape index (κ2) is 1.75. The van der Waals surface area contributed by atoms with Gasteiger partial charge in [-0.15, -0.1) is 0 Å². The molecule has 0 saturated carbocycles. The van der Waals surface area contributed by atoms with Crippen molar-refractivity contribution in [2.75, 3.05) is 0 Å². The molecule has 0 aromatic carbocycles. The minimum Gasteiger partial charge on any atom is -0.443 e. The molecule has 1 heterocycles. The summed E-state index contributed by atoms with van der Waals surface area (Å²) in [5.41, 5.74) is 3.59. The molecule has 3 heteroatoms. The molecule has 0 aliphatic rings. The van der Waals surface area contributed by atoms with Crippen LogP contribution in [0, 0.1) is 0 Å². The molecule has 7 heavy (non-hydrogen) atoms. The van der Waals surface area contributed by atoms with Crippen LogP contribution in [0.25, 0.3) is 0 Å². The lowest BCUT2D eigenvalue weighted by atomic mass is 10.5. The Balaban J connectivity index is 2.76. The van der Waals surface area contributed by atoms with E-state index in [9.17, 15) is 0 Å². The first-order valence-corrected chi connectivity index (χ1v) is 2.10. The van der Waals surface area contributed by atoms with Crippen molar-refractivity contribution in [2.45, 2.75) is 6.54 Å². The molecule has 0 amide bonds. The molecule has 1 rings (SSSR count). The lowest BCUT2D eigenvalue weighted by Gasteiger charge is -1.75. The summed E-state index contributed by atoms with van der Waals surface area (Å²) in [5.74, 6) is 0.833. The minimum absolute atomic E-state index is 0.681. The molecule has 0 saturated heterocycles. The van der Waals surface area contributed by atoms with E-state index < -0.39 is 0 Å². The van der Waals surface area contributed by atoms with Gasteiger partial charge < -0.3 is 10.2 Å². The second-order valence-electron chi connectivity index (χ2n) is 1.22. The van der Waals surface area contributed by atoms with E-state index in [0.717, 1.165) is 5.76 Å². The highest BCUT2D eigenvalue weighted by Crippen LogP contribution is 1.89. The summed E-state index contributed by atoms with van der Waals surface area (Å²) < 4.78 is 4.81. The molecule has 0 atom stereocenters. The Morgan fingerprint density at radius 2 is 2.71 bits per heavy atom. The molecule has 0 aliphatic carbocycles. The standard InChI is InChI=1S/C4H6N2O/c5-1-4-2-6-3-7-4/h2-3H,1,5H2/p+1. The lowest BCUT2D eigenvalue weighted by molar-refractivity contribution is -0.390. The zero-order valence-electron chi connectivity index (χ0n) is 3.92. The molecule has 0 spiro atoms. The van der Waals surface area contributed by atoms with Crippen LogP contribution in [-0.4, -0.2) is 4.98 Å². The van der Waals surface area contributed by atoms with Gasteiger partial charge in [0, 0.05) is 0 Å². The van der Waals surface area contributed by atoms with E-state index in [1.807, 2.05) is 0 Å². The van der Waals surface area contributed by atoms with Gasteiger partial charge in [0.2, 0.25) is 0 Å². The van der Waals surface area contributed by atoms with Crippen molar-refractivity contribution in [2.24, 2.45) is 0 Å². The first kappa shape index (κ1) is 4.33. The van der Waals surface area contributed by atoms with Gasteiger partial charge in [-0.3, -0.25) is 0 Å². The quantitative estimate of drug-likeness (QED) is 0.512. The highest BCUT2D eigenvalue weighted by atomic mass is 16.3. The summed E-state index contributed by atoms with van der Waals surface area (Å²) in [5, 5.41) is 0. The van der Waals surface area contributed by atoms with Crippen LogP contribution in [0.3, 0.4) is 0 Å². The van der Waals surface area contributed by atoms with Gasteiger partial charge in [0.15, 0.2) is 12.2 Å². The Morgan fingerprint density at radius 1 is 1.86 bits per heavy atom. The van der Waals surface area contributed by atoms with Gasteiger partial charge in [0.1, 0.15) is 6.54 Å². The molecule has 3 nitrogen and oxygen atoms in total. The number of hydrogen-bond donors (Lipinski definition) is 1. The largest absolute Gasteiger partial charge is 0.443 e. The SMILES string of the molecule is [NH3+]Cc1cnco1. The van der Waals surface area contributed by atoms with Crippen molar-refractivity contribution < 1.29 is 10.2 Å². The van der Waals surface area contributed by atoms with Crippen molar-refractivity contribution in [3.63, 3.8) is 0 Å². The molecule has 0 bridgehead atoms. The number of nitrogens with zero attached hydrogens (tertiary/aromatic N) is 1. The van der Waals surface area contributed by atoms with E-state index in [4.69, 9.17) is 4.42 Å². The third-order valence-corrected chi connectivity index (χ3v) is 0.730. The number of quaternary nitrogens is 1. The van der Waals surface area contributed by atoms with E-state index in [2.05, 4.69) is 10.7 Å². The van der Waals surface area contributed by atoms with E-state index >= 15 is 0 Å². The van der Waals surface area contributed by atoms with Crippen LogP contribution in [-0.2, 0) is 6.54 Å². The summed E-state index contributed by atoms with van der Waals surface area (Å²) >= 11 is 0. The Labute approximate surface area is 41.2 Å². The van der Waals surface area contributed by atoms with Crippen molar-refractivity contribution >= 4 is 0 Å². The molecule has 3 N–H and O–H groups in total. The van der Waals surface area contributed by atoms with Gasteiger partial charge in [-0.1, -0.05) is 0 Å². The average molecular weight is 99.1 g/mol. The van der Waals surface area contributed by atoms with E-state index in [0.29, 0.717) is 6.54 Å². The maximum atomic E-state index is 4.81. The fraction of sp³-hybridized carbons (Fsp3) is 0.250. The Hall–Kier alpha value is -0.830. The summed E-state index contributed by atoms with van der Waals surface area (Å²) in [6, 6.07) is 0. The maximum Gasteiger partial charge on any atom is 0.181 e. The Bertz CT molecular complexity index is 124. The van der Waals surface area contributed by atoms with Gasteiger partial charge in [0.25, 0.3) is 0 Å². The van der Waals surface area contributed by atoms with Gasteiger partial charge in [0.05, 0.1) is 6.20 Å². The molecule has 38 valence electrons. The number of oxazole rings is 1. The highest BCUT2D eigenvalue weighted by Gasteiger charge is 1.89. The van der Waals surface area contributed by atoms with E-state index in [1.54, 1.807) is 6.20 Å². The molecule has 1 aromatic rings. The van der Waals surface area contributed by atoms with Crippen LogP contribution in [0.15, 0.2) is 17.0 Å². The second-order valence-corrected chi connectivity index (χ2v) is 1.22. The molecular weight excluding hydrogens is 92.1 g/mol. The molecule has 0 fully saturated rings. The fourth-order valence-corrected chi connectivity index (χ4v) is 0.366.